The predicted octanol–water partition coefficient (Wildman–Crippen LogP) is -4.40. The lowest BCUT2D eigenvalue weighted by molar-refractivity contribution is -0.336. The maximum absolute atomic E-state index is 10.6. The first kappa shape index (κ1) is 14.9. The van der Waals surface area contributed by atoms with Gasteiger partial charge in [0.1, 0.15) is 30.5 Å². The molecule has 0 aliphatic heterocycles. The van der Waals surface area contributed by atoms with Crippen LogP contribution in [0.15, 0.2) is 0 Å². The number of phosphoric acid groups is 1. The number of hydrogen-bond acceptors (Lipinski definition) is 8. The van der Waals surface area contributed by atoms with Crippen LogP contribution in [0.2, 0.25) is 0 Å². The minimum absolute atomic E-state index is 2.01. The summed E-state index contributed by atoms with van der Waals surface area (Å²) in [5.74, 6) is -3.31. The average Bonchev–Trinajstić information content (AvgIpc) is 2.19. The van der Waals surface area contributed by atoms with Gasteiger partial charge in [0.2, 0.25) is 5.79 Å². The molecule has 0 spiro atoms. The zero-order chi connectivity index (χ0) is 13.6. The topological polar surface area (TPSA) is 188 Å². The van der Waals surface area contributed by atoms with Crippen LogP contribution in [0.1, 0.15) is 0 Å². The Kier molecular flexibility index (Phi) is 3.97. The highest BCUT2D eigenvalue weighted by Crippen LogP contribution is 2.45. The summed E-state index contributed by atoms with van der Waals surface area (Å²) >= 11 is 0. The predicted molar refractivity (Wildman–Crippen MR) is 48.1 cm³/mol. The van der Waals surface area contributed by atoms with Crippen LogP contribution < -0.4 is 0 Å². The quantitative estimate of drug-likeness (QED) is 0.180. The van der Waals surface area contributed by atoms with Gasteiger partial charge in [-0.25, -0.2) is 9.09 Å². The lowest BCUT2D eigenvalue weighted by Gasteiger charge is -2.46. The summed E-state index contributed by atoms with van der Waals surface area (Å²) in [6.07, 6.45) is -11.2. The van der Waals surface area contributed by atoms with E-state index in [1.165, 1.54) is 0 Å². The Labute approximate surface area is 94.6 Å². The lowest BCUT2D eigenvalue weighted by atomic mass is 9.82. The monoisotopic (exact) mass is 276 g/mol. The molecule has 11 heteroatoms. The number of aliphatic hydroxyl groups is 6. The molecule has 1 saturated carbocycles. The number of rotatable bonds is 2. The molecule has 0 heterocycles. The van der Waals surface area contributed by atoms with E-state index >= 15 is 0 Å². The van der Waals surface area contributed by atoms with E-state index < -0.39 is 44.1 Å². The molecule has 0 saturated heterocycles. The first-order valence-corrected chi connectivity index (χ1v) is 5.92. The van der Waals surface area contributed by atoms with Gasteiger partial charge in [0, 0.05) is 0 Å². The van der Waals surface area contributed by atoms with Crippen molar-refractivity contribution in [2.45, 2.75) is 36.3 Å². The molecule has 1 aliphatic carbocycles. The summed E-state index contributed by atoms with van der Waals surface area (Å²) in [5, 5.41) is 55.7. The van der Waals surface area contributed by atoms with Crippen molar-refractivity contribution >= 4 is 7.82 Å². The van der Waals surface area contributed by atoms with E-state index in [0.717, 1.165) is 0 Å². The van der Waals surface area contributed by atoms with Crippen molar-refractivity contribution in [3.8, 4) is 0 Å². The number of hydrogen-bond donors (Lipinski definition) is 8. The van der Waals surface area contributed by atoms with Crippen LogP contribution in [0.5, 0.6) is 0 Å². The van der Waals surface area contributed by atoms with Gasteiger partial charge in [-0.15, -0.1) is 0 Å². The molecule has 0 aromatic rings. The van der Waals surface area contributed by atoms with Crippen LogP contribution >= 0.6 is 7.82 Å². The molecule has 8 N–H and O–H groups in total. The molecule has 1 fully saturated rings. The van der Waals surface area contributed by atoms with Gasteiger partial charge in [0.05, 0.1) is 0 Å². The van der Waals surface area contributed by atoms with Gasteiger partial charge >= 0.3 is 7.82 Å². The van der Waals surface area contributed by atoms with E-state index in [4.69, 9.17) is 14.9 Å². The lowest BCUT2D eigenvalue weighted by Crippen LogP contribution is -2.71. The van der Waals surface area contributed by atoms with Crippen molar-refractivity contribution in [1.82, 2.24) is 0 Å². The summed E-state index contributed by atoms with van der Waals surface area (Å²) < 4.78 is 14.3. The molecule has 17 heavy (non-hydrogen) atoms. The molecule has 1 rings (SSSR count). The van der Waals surface area contributed by atoms with Crippen LogP contribution in [-0.4, -0.2) is 76.7 Å². The molecule has 1 aliphatic rings. The van der Waals surface area contributed by atoms with Crippen molar-refractivity contribution in [2.24, 2.45) is 0 Å². The van der Waals surface area contributed by atoms with Crippen molar-refractivity contribution in [3.05, 3.63) is 0 Å². The minimum atomic E-state index is -5.32. The van der Waals surface area contributed by atoms with E-state index in [9.17, 15) is 30.1 Å². The maximum Gasteiger partial charge on any atom is 0.472 e. The van der Waals surface area contributed by atoms with Crippen LogP contribution in [0, 0.1) is 0 Å². The van der Waals surface area contributed by atoms with Gasteiger partial charge in [-0.2, -0.15) is 0 Å². The Hall–Kier alpha value is -0.130. The second-order valence-electron chi connectivity index (χ2n) is 3.70. The van der Waals surface area contributed by atoms with Crippen LogP contribution in [0.4, 0.5) is 0 Å². The van der Waals surface area contributed by atoms with Gasteiger partial charge in [-0.05, 0) is 0 Å². The molecule has 2 unspecified atom stereocenters. The van der Waals surface area contributed by atoms with Crippen molar-refractivity contribution in [3.63, 3.8) is 0 Å². The van der Waals surface area contributed by atoms with E-state index in [1.54, 1.807) is 0 Å². The fourth-order valence-corrected chi connectivity index (χ4v) is 2.14. The molecule has 0 aromatic carbocycles. The minimum Gasteiger partial charge on any atom is -0.387 e. The highest BCUT2D eigenvalue weighted by atomic mass is 31.2. The third-order valence-corrected chi connectivity index (χ3v) is 2.99. The Balaban J connectivity index is 3.08. The smallest absolute Gasteiger partial charge is 0.387 e. The summed E-state index contributed by atoms with van der Waals surface area (Å²) in [4.78, 5) is 17.0. The van der Waals surface area contributed by atoms with Gasteiger partial charge in [-0.3, -0.25) is 0 Å². The van der Waals surface area contributed by atoms with Crippen molar-refractivity contribution in [2.75, 3.05) is 0 Å². The largest absolute Gasteiger partial charge is 0.472 e. The van der Waals surface area contributed by atoms with E-state index in [0.29, 0.717) is 0 Å². The normalized spacial score (nSPS) is 48.1. The highest BCUT2D eigenvalue weighted by molar-refractivity contribution is 7.46. The van der Waals surface area contributed by atoms with Gasteiger partial charge in [-0.1, -0.05) is 0 Å². The summed E-state index contributed by atoms with van der Waals surface area (Å²) in [6, 6.07) is 0. The molecular weight excluding hydrogens is 263 g/mol. The summed E-state index contributed by atoms with van der Waals surface area (Å²) in [5.41, 5.74) is 0. The standard InChI is InChI=1S/C6H13O10P/c7-1-2(8)4(10)6(12,5(11)3(1)9)16-17(13,14)15/h1-5,7-12H,(H2,13,14,15)/t1?,2-,3+,4+,5-,6?. The highest BCUT2D eigenvalue weighted by Gasteiger charge is 2.61. The number of aliphatic hydroxyl groups excluding tert-OH is 5. The molecule has 10 nitrogen and oxygen atoms in total. The molecule has 0 bridgehead atoms. The first-order chi connectivity index (χ1) is 7.50. The molecule has 0 amide bonds. The van der Waals surface area contributed by atoms with Crippen molar-refractivity contribution in [1.29, 1.82) is 0 Å². The molecule has 0 radical (unpaired) electrons. The Morgan fingerprint density at radius 3 is 1.53 bits per heavy atom. The second kappa shape index (κ2) is 4.52. The summed E-state index contributed by atoms with van der Waals surface area (Å²) in [7, 11) is -5.32. The zero-order valence-electron chi connectivity index (χ0n) is 8.23. The third-order valence-electron chi connectivity index (χ3n) is 2.46. The average molecular weight is 276 g/mol. The SMILES string of the molecule is O=P(O)(O)OC1(O)[C@H](O)[C@@H](O)C(O)[C@@H](O)[C@@H]1O. The maximum atomic E-state index is 10.6. The Bertz CT molecular complexity index is 311. The van der Waals surface area contributed by atoms with Crippen LogP contribution in [-0.2, 0) is 9.09 Å². The molecule has 102 valence electrons. The fraction of sp³-hybridized carbons (Fsp3) is 1.00. The first-order valence-electron chi connectivity index (χ1n) is 4.39. The second-order valence-corrected chi connectivity index (χ2v) is 4.86. The third kappa shape index (κ3) is 2.66. The Morgan fingerprint density at radius 2 is 1.24 bits per heavy atom. The Morgan fingerprint density at radius 1 is 0.882 bits per heavy atom. The van der Waals surface area contributed by atoms with Crippen LogP contribution in [0.25, 0.3) is 0 Å². The molecular formula is C6H13O10P. The fourth-order valence-electron chi connectivity index (χ4n) is 1.54. The molecule has 0 aromatic heterocycles. The molecule has 6 atom stereocenters. The van der Waals surface area contributed by atoms with Crippen molar-refractivity contribution < 1.29 is 49.5 Å². The zero-order valence-corrected chi connectivity index (χ0v) is 9.12. The van der Waals surface area contributed by atoms with E-state index in [1.807, 2.05) is 0 Å². The van der Waals surface area contributed by atoms with E-state index in [-0.39, 0.29) is 0 Å². The van der Waals surface area contributed by atoms with Crippen LogP contribution in [0.3, 0.4) is 0 Å². The van der Waals surface area contributed by atoms with E-state index in [2.05, 4.69) is 4.52 Å². The summed E-state index contributed by atoms with van der Waals surface area (Å²) in [6.45, 7) is 0. The number of phosphoric ester groups is 1. The van der Waals surface area contributed by atoms with Gasteiger partial charge in [0.15, 0.2) is 0 Å². The van der Waals surface area contributed by atoms with Gasteiger partial charge < -0.3 is 40.4 Å². The van der Waals surface area contributed by atoms with Gasteiger partial charge in [0.25, 0.3) is 0 Å².